The van der Waals surface area contributed by atoms with E-state index in [0.717, 1.165) is 36.8 Å². The Bertz CT molecular complexity index is 674. The molecule has 1 N–H and O–H groups in total. The lowest BCUT2D eigenvalue weighted by atomic mass is 10.2. The van der Waals surface area contributed by atoms with Gasteiger partial charge >= 0.3 is 0 Å². The Hall–Kier alpha value is -1.79. The molecule has 0 aromatic heterocycles. The lowest BCUT2D eigenvalue weighted by Crippen LogP contribution is -2.49. The third-order valence-electron chi connectivity index (χ3n) is 5.29. The predicted octanol–water partition coefficient (Wildman–Crippen LogP) is 1.69. The molecule has 1 aromatic rings. The van der Waals surface area contributed by atoms with Crippen LogP contribution in [0.2, 0.25) is 5.02 Å². The minimum atomic E-state index is -0.136. The molecule has 7 heteroatoms. The summed E-state index contributed by atoms with van der Waals surface area (Å²) >= 11 is 6.07. The van der Waals surface area contributed by atoms with Gasteiger partial charge in [-0.25, -0.2) is 0 Å². The summed E-state index contributed by atoms with van der Waals surface area (Å²) < 4.78 is 0. The van der Waals surface area contributed by atoms with E-state index in [9.17, 15) is 9.59 Å². The Morgan fingerprint density at radius 1 is 1.19 bits per heavy atom. The summed E-state index contributed by atoms with van der Waals surface area (Å²) in [4.78, 5) is 31.1. The molecule has 1 aliphatic heterocycles. The number of nitrogens with zero attached hydrogens (tertiary/aromatic N) is 3. The summed E-state index contributed by atoms with van der Waals surface area (Å²) in [5.41, 5.74) is 1.09. The molecule has 1 heterocycles. The van der Waals surface area contributed by atoms with Gasteiger partial charge in [0.2, 0.25) is 11.8 Å². The molecule has 27 heavy (non-hydrogen) atoms. The van der Waals surface area contributed by atoms with Crippen molar-refractivity contribution in [3.05, 3.63) is 29.3 Å². The van der Waals surface area contributed by atoms with Gasteiger partial charge in [0.15, 0.2) is 0 Å². The Labute approximate surface area is 166 Å². The van der Waals surface area contributed by atoms with Crippen molar-refractivity contribution in [2.75, 3.05) is 58.3 Å². The Balaban J connectivity index is 1.40. The predicted molar refractivity (Wildman–Crippen MR) is 108 cm³/mol. The molecule has 148 valence electrons. The number of piperazine rings is 1. The van der Waals surface area contributed by atoms with Gasteiger partial charge in [-0.05, 0) is 51.7 Å². The van der Waals surface area contributed by atoms with Crippen LogP contribution in [0.3, 0.4) is 0 Å². The lowest BCUT2D eigenvalue weighted by molar-refractivity contribution is -0.135. The first-order valence-corrected chi connectivity index (χ1v) is 10.1. The van der Waals surface area contributed by atoms with Crippen molar-refractivity contribution in [3.63, 3.8) is 0 Å². The molecule has 2 atom stereocenters. The number of benzene rings is 1. The molecule has 0 spiro atoms. The third-order valence-corrected chi connectivity index (χ3v) is 5.53. The highest BCUT2D eigenvalue weighted by Gasteiger charge is 2.49. The van der Waals surface area contributed by atoms with Gasteiger partial charge < -0.3 is 20.0 Å². The third kappa shape index (κ3) is 5.36. The summed E-state index contributed by atoms with van der Waals surface area (Å²) in [5, 5.41) is 3.69. The van der Waals surface area contributed by atoms with Crippen molar-refractivity contribution in [1.82, 2.24) is 15.1 Å². The van der Waals surface area contributed by atoms with E-state index in [-0.39, 0.29) is 23.7 Å². The first-order chi connectivity index (χ1) is 13.0. The van der Waals surface area contributed by atoms with Gasteiger partial charge in [-0.1, -0.05) is 17.7 Å². The van der Waals surface area contributed by atoms with Crippen LogP contribution in [0.15, 0.2) is 24.3 Å². The molecular formula is C20H29ClN4O2. The number of rotatable bonds is 7. The molecule has 1 aliphatic carbocycles. The smallest absolute Gasteiger partial charge is 0.226 e. The van der Waals surface area contributed by atoms with Crippen LogP contribution < -0.4 is 10.2 Å². The molecule has 2 amide bonds. The zero-order valence-electron chi connectivity index (χ0n) is 16.2. The summed E-state index contributed by atoms with van der Waals surface area (Å²) in [7, 11) is 4.03. The van der Waals surface area contributed by atoms with Gasteiger partial charge in [0.05, 0.1) is 11.8 Å². The van der Waals surface area contributed by atoms with E-state index in [1.165, 1.54) is 0 Å². The largest absolute Gasteiger partial charge is 0.368 e. The zero-order valence-corrected chi connectivity index (χ0v) is 16.9. The van der Waals surface area contributed by atoms with Crippen LogP contribution in [-0.2, 0) is 9.59 Å². The highest BCUT2D eigenvalue weighted by atomic mass is 35.5. The van der Waals surface area contributed by atoms with Crippen molar-refractivity contribution in [2.45, 2.75) is 12.8 Å². The number of carbonyl (C=O) groups is 2. The fourth-order valence-electron chi connectivity index (χ4n) is 3.59. The van der Waals surface area contributed by atoms with Crippen molar-refractivity contribution < 1.29 is 9.59 Å². The molecule has 0 radical (unpaired) electrons. The number of nitrogens with one attached hydrogen (secondary N) is 1. The summed E-state index contributed by atoms with van der Waals surface area (Å²) in [6.07, 6.45) is 1.61. The maximum Gasteiger partial charge on any atom is 0.226 e. The van der Waals surface area contributed by atoms with Gasteiger partial charge in [-0.3, -0.25) is 9.59 Å². The molecule has 3 rings (SSSR count). The lowest BCUT2D eigenvalue weighted by Gasteiger charge is -2.36. The number of hydrogen-bond donors (Lipinski definition) is 1. The average Bonchev–Trinajstić information content (AvgIpc) is 3.45. The minimum Gasteiger partial charge on any atom is -0.368 e. The summed E-state index contributed by atoms with van der Waals surface area (Å²) in [6.45, 7) is 4.59. The molecular weight excluding hydrogens is 364 g/mol. The molecule has 2 fully saturated rings. The van der Waals surface area contributed by atoms with E-state index in [1.807, 2.05) is 43.3 Å². The second-order valence-electron chi connectivity index (χ2n) is 7.69. The second-order valence-corrected chi connectivity index (χ2v) is 8.13. The molecule has 2 unspecified atom stereocenters. The van der Waals surface area contributed by atoms with Crippen LogP contribution >= 0.6 is 11.6 Å². The number of carbonyl (C=O) groups excluding carboxylic acids is 2. The van der Waals surface area contributed by atoms with Gasteiger partial charge in [0.1, 0.15) is 0 Å². The standard InChI is InChI=1S/C20H29ClN4O2/c1-23(2)8-4-7-22-19(26)17-14-18(17)20(27)25-11-9-24(10-12-25)16-6-3-5-15(21)13-16/h3,5-6,13,17-18H,4,7-12,14H2,1-2H3,(H,22,26). The van der Waals surface area contributed by atoms with E-state index in [0.29, 0.717) is 26.1 Å². The number of anilines is 1. The molecule has 6 nitrogen and oxygen atoms in total. The van der Waals surface area contributed by atoms with Crippen LogP contribution in [0, 0.1) is 11.8 Å². The molecule has 1 saturated heterocycles. The highest BCUT2D eigenvalue weighted by molar-refractivity contribution is 6.30. The molecule has 2 aliphatic rings. The maximum absolute atomic E-state index is 12.7. The van der Waals surface area contributed by atoms with Gasteiger partial charge in [-0.2, -0.15) is 0 Å². The fraction of sp³-hybridized carbons (Fsp3) is 0.600. The summed E-state index contributed by atoms with van der Waals surface area (Å²) in [5.74, 6) is -0.0989. The Morgan fingerprint density at radius 3 is 2.59 bits per heavy atom. The molecule has 1 saturated carbocycles. The fourth-order valence-corrected chi connectivity index (χ4v) is 3.77. The first kappa shape index (κ1) is 20.0. The number of hydrogen-bond acceptors (Lipinski definition) is 4. The van der Waals surface area contributed by atoms with Crippen LogP contribution in [0.1, 0.15) is 12.8 Å². The minimum absolute atomic E-state index is 0.0321. The van der Waals surface area contributed by atoms with E-state index in [4.69, 9.17) is 11.6 Å². The Morgan fingerprint density at radius 2 is 1.93 bits per heavy atom. The number of halogens is 1. The van der Waals surface area contributed by atoms with Crippen LogP contribution in [0.25, 0.3) is 0 Å². The summed E-state index contributed by atoms with van der Waals surface area (Å²) in [6, 6.07) is 7.81. The van der Waals surface area contributed by atoms with E-state index >= 15 is 0 Å². The normalized spacial score (nSPS) is 22.1. The van der Waals surface area contributed by atoms with Crippen LogP contribution in [0.4, 0.5) is 5.69 Å². The monoisotopic (exact) mass is 392 g/mol. The maximum atomic E-state index is 12.7. The van der Waals surface area contributed by atoms with Gasteiger partial charge in [0.25, 0.3) is 0 Å². The topological polar surface area (TPSA) is 55.9 Å². The van der Waals surface area contributed by atoms with Crippen molar-refractivity contribution in [2.24, 2.45) is 11.8 Å². The van der Waals surface area contributed by atoms with E-state index in [2.05, 4.69) is 15.1 Å². The van der Waals surface area contributed by atoms with Crippen molar-refractivity contribution in [3.8, 4) is 0 Å². The first-order valence-electron chi connectivity index (χ1n) is 9.67. The number of amides is 2. The SMILES string of the molecule is CN(C)CCCNC(=O)C1CC1C(=O)N1CCN(c2cccc(Cl)c2)CC1. The molecule has 0 bridgehead atoms. The van der Waals surface area contributed by atoms with E-state index in [1.54, 1.807) is 0 Å². The second kappa shape index (κ2) is 8.93. The quantitative estimate of drug-likeness (QED) is 0.717. The zero-order chi connectivity index (χ0) is 19.4. The van der Waals surface area contributed by atoms with Crippen molar-refractivity contribution in [1.29, 1.82) is 0 Å². The highest BCUT2D eigenvalue weighted by Crippen LogP contribution is 2.40. The average molecular weight is 393 g/mol. The Kier molecular flexibility index (Phi) is 6.60. The van der Waals surface area contributed by atoms with Crippen molar-refractivity contribution >= 4 is 29.1 Å². The van der Waals surface area contributed by atoms with Crippen LogP contribution in [-0.4, -0.2) is 75.0 Å². The van der Waals surface area contributed by atoms with Gasteiger partial charge in [-0.15, -0.1) is 0 Å². The van der Waals surface area contributed by atoms with Crippen LogP contribution in [0.5, 0.6) is 0 Å². The van der Waals surface area contributed by atoms with E-state index < -0.39 is 0 Å². The molecule has 1 aromatic carbocycles. The van der Waals surface area contributed by atoms with Gasteiger partial charge in [0, 0.05) is 43.4 Å².